The fraction of sp³-hybridized carbons (Fsp3) is 0.348. The van der Waals surface area contributed by atoms with Crippen molar-refractivity contribution in [1.29, 1.82) is 0 Å². The first-order valence-corrected chi connectivity index (χ1v) is 10.0. The van der Waals surface area contributed by atoms with Crippen LogP contribution in [0.3, 0.4) is 0 Å². The molecule has 0 amide bonds. The molecule has 0 bridgehead atoms. The summed E-state index contributed by atoms with van der Waals surface area (Å²) >= 11 is 0. The van der Waals surface area contributed by atoms with Gasteiger partial charge in [0.05, 0.1) is 18.7 Å². The lowest BCUT2D eigenvalue weighted by molar-refractivity contribution is -0.692. The first-order valence-electron chi connectivity index (χ1n) is 10.0. The number of alkyl halides is 3. The lowest BCUT2D eigenvalue weighted by Crippen LogP contribution is -2.38. The second kappa shape index (κ2) is 7.93. The number of fused-ring (bicyclic) bond motifs is 1. The summed E-state index contributed by atoms with van der Waals surface area (Å²) in [4.78, 5) is 0. The summed E-state index contributed by atoms with van der Waals surface area (Å²) in [6.07, 6.45) is 1.66. The highest BCUT2D eigenvalue weighted by molar-refractivity contribution is 5.58. The zero-order valence-corrected chi connectivity index (χ0v) is 16.4. The van der Waals surface area contributed by atoms with E-state index in [9.17, 15) is 13.2 Å². The van der Waals surface area contributed by atoms with Crippen LogP contribution in [0, 0.1) is 0 Å². The van der Waals surface area contributed by atoms with Crippen LogP contribution < -0.4 is 9.30 Å². The Labute approximate surface area is 168 Å². The Morgan fingerprint density at radius 1 is 1.03 bits per heavy atom. The van der Waals surface area contributed by atoms with Crippen LogP contribution in [0.2, 0.25) is 0 Å². The molecule has 0 saturated carbocycles. The van der Waals surface area contributed by atoms with Crippen LogP contribution in [-0.4, -0.2) is 11.2 Å². The van der Waals surface area contributed by atoms with E-state index in [4.69, 9.17) is 4.74 Å². The number of hydrogen-bond donors (Lipinski definition) is 0. The van der Waals surface area contributed by atoms with E-state index in [0.717, 1.165) is 61.1 Å². The number of ether oxygens (including phenoxy) is 1. The summed E-state index contributed by atoms with van der Waals surface area (Å²) in [6.45, 7) is 3.41. The Morgan fingerprint density at radius 3 is 2.55 bits per heavy atom. The average Bonchev–Trinajstić information content (AvgIpc) is 2.89. The van der Waals surface area contributed by atoms with Crippen LogP contribution in [0.5, 0.6) is 5.75 Å². The fourth-order valence-corrected chi connectivity index (χ4v) is 3.94. The van der Waals surface area contributed by atoms with Crippen LogP contribution >= 0.6 is 0 Å². The normalized spacial score (nSPS) is 14.3. The van der Waals surface area contributed by atoms with Crippen molar-refractivity contribution in [2.24, 2.45) is 0 Å². The van der Waals surface area contributed by atoms with Gasteiger partial charge in [-0.25, -0.2) is 4.57 Å². The molecule has 3 nitrogen and oxygen atoms in total. The van der Waals surface area contributed by atoms with E-state index in [0.29, 0.717) is 12.3 Å². The number of aromatic nitrogens is 2. The van der Waals surface area contributed by atoms with E-state index in [2.05, 4.69) is 4.57 Å². The molecule has 0 aliphatic carbocycles. The topological polar surface area (TPSA) is 18.0 Å². The molecule has 1 aliphatic rings. The van der Waals surface area contributed by atoms with Gasteiger partial charge in [0.2, 0.25) is 0 Å². The molecule has 0 unspecified atom stereocenters. The van der Waals surface area contributed by atoms with Gasteiger partial charge in [-0.3, -0.25) is 0 Å². The quantitative estimate of drug-likeness (QED) is 0.522. The molecule has 0 atom stereocenters. The SMILES string of the molecule is CCOc1ccc(-c2cn(-c3cccc(C(F)(F)F)c3)c3[n+]2CCCCC3)cc1. The van der Waals surface area contributed by atoms with Crippen LogP contribution in [0.25, 0.3) is 16.9 Å². The van der Waals surface area contributed by atoms with Crippen molar-refractivity contribution in [3.05, 3.63) is 66.1 Å². The van der Waals surface area contributed by atoms with E-state index in [1.165, 1.54) is 12.1 Å². The lowest BCUT2D eigenvalue weighted by atomic mass is 10.1. The van der Waals surface area contributed by atoms with E-state index < -0.39 is 11.7 Å². The summed E-state index contributed by atoms with van der Waals surface area (Å²) < 4.78 is 49.4. The van der Waals surface area contributed by atoms with Gasteiger partial charge in [-0.1, -0.05) is 6.07 Å². The summed E-state index contributed by atoms with van der Waals surface area (Å²) in [6, 6.07) is 13.4. The van der Waals surface area contributed by atoms with Gasteiger partial charge >= 0.3 is 6.18 Å². The van der Waals surface area contributed by atoms with E-state index in [-0.39, 0.29) is 0 Å². The minimum absolute atomic E-state index is 0.544. The molecule has 4 rings (SSSR count). The maximum atomic E-state index is 13.2. The highest BCUT2D eigenvalue weighted by Gasteiger charge is 2.32. The number of rotatable bonds is 4. The van der Waals surface area contributed by atoms with Crippen molar-refractivity contribution >= 4 is 0 Å². The minimum atomic E-state index is -4.36. The smallest absolute Gasteiger partial charge is 0.416 e. The Hall–Kier alpha value is -2.76. The first-order chi connectivity index (χ1) is 14.0. The second-order valence-corrected chi connectivity index (χ2v) is 7.27. The molecule has 3 aromatic rings. The Morgan fingerprint density at radius 2 is 1.83 bits per heavy atom. The highest BCUT2D eigenvalue weighted by Crippen LogP contribution is 2.31. The van der Waals surface area contributed by atoms with Gasteiger partial charge in [0.1, 0.15) is 17.6 Å². The van der Waals surface area contributed by atoms with Gasteiger partial charge in [0, 0.05) is 12.0 Å². The second-order valence-electron chi connectivity index (χ2n) is 7.27. The van der Waals surface area contributed by atoms with Crippen molar-refractivity contribution in [2.75, 3.05) is 6.61 Å². The number of hydrogen-bond acceptors (Lipinski definition) is 1. The molecule has 0 N–H and O–H groups in total. The number of nitrogens with zero attached hydrogens (tertiary/aromatic N) is 2. The fourth-order valence-electron chi connectivity index (χ4n) is 3.94. The number of halogens is 3. The van der Waals surface area contributed by atoms with Crippen LogP contribution in [0.15, 0.2) is 54.7 Å². The van der Waals surface area contributed by atoms with E-state index >= 15 is 0 Å². The van der Waals surface area contributed by atoms with Crippen molar-refractivity contribution in [2.45, 2.75) is 45.3 Å². The zero-order valence-electron chi connectivity index (χ0n) is 16.4. The van der Waals surface area contributed by atoms with Gasteiger partial charge in [-0.15, -0.1) is 0 Å². The average molecular weight is 401 g/mol. The van der Waals surface area contributed by atoms with Gasteiger partial charge in [-0.05, 0) is 68.7 Å². The number of imidazole rings is 1. The number of benzene rings is 2. The molecule has 0 fully saturated rings. The van der Waals surface area contributed by atoms with Gasteiger partial charge < -0.3 is 4.74 Å². The lowest BCUT2D eigenvalue weighted by Gasteiger charge is -2.08. The molecule has 2 heterocycles. The summed E-state index contributed by atoms with van der Waals surface area (Å²) in [5.74, 6) is 1.86. The molecule has 0 spiro atoms. The predicted molar refractivity (Wildman–Crippen MR) is 105 cm³/mol. The van der Waals surface area contributed by atoms with E-state index in [1.54, 1.807) is 6.07 Å². The zero-order chi connectivity index (χ0) is 20.4. The third-order valence-corrected chi connectivity index (χ3v) is 5.33. The molecule has 0 saturated heterocycles. The maximum Gasteiger partial charge on any atom is 0.416 e. The van der Waals surface area contributed by atoms with E-state index in [1.807, 2.05) is 42.0 Å². The van der Waals surface area contributed by atoms with Gasteiger partial charge in [-0.2, -0.15) is 17.7 Å². The van der Waals surface area contributed by atoms with Crippen molar-refractivity contribution in [1.82, 2.24) is 4.57 Å². The Balaban J connectivity index is 1.82. The van der Waals surface area contributed by atoms with Crippen LogP contribution in [0.1, 0.15) is 37.6 Å². The van der Waals surface area contributed by atoms with Crippen molar-refractivity contribution < 1.29 is 22.5 Å². The van der Waals surface area contributed by atoms with Gasteiger partial charge in [0.15, 0.2) is 5.69 Å². The van der Waals surface area contributed by atoms with Crippen molar-refractivity contribution in [3.8, 4) is 22.7 Å². The van der Waals surface area contributed by atoms with Gasteiger partial charge in [0.25, 0.3) is 5.82 Å². The first kappa shape index (κ1) is 19.6. The summed E-state index contributed by atoms with van der Waals surface area (Å²) in [7, 11) is 0. The Kier molecular flexibility index (Phi) is 5.35. The highest BCUT2D eigenvalue weighted by atomic mass is 19.4. The van der Waals surface area contributed by atoms with Crippen LogP contribution in [0.4, 0.5) is 13.2 Å². The molecule has 152 valence electrons. The molecule has 1 aromatic heterocycles. The Bertz CT molecular complexity index is 990. The third kappa shape index (κ3) is 4.02. The summed E-state index contributed by atoms with van der Waals surface area (Å²) in [5.41, 5.74) is 1.96. The van der Waals surface area contributed by atoms with Crippen LogP contribution in [-0.2, 0) is 19.1 Å². The predicted octanol–water partition coefficient (Wildman–Crippen LogP) is 5.58. The molecular formula is C23H24F3N2O+. The largest absolute Gasteiger partial charge is 0.494 e. The maximum absolute atomic E-state index is 13.2. The monoisotopic (exact) mass is 401 g/mol. The molecule has 1 aliphatic heterocycles. The standard InChI is InChI=1S/C23H24F3N2O/c1-2-29-20-12-10-17(11-13-20)21-16-28(22-9-4-3-5-14-27(21)22)19-8-6-7-18(15-19)23(24,25)26/h6-8,10-13,15-16H,2-5,9,14H2,1H3/q+1. The molecule has 2 aromatic carbocycles. The summed E-state index contributed by atoms with van der Waals surface area (Å²) in [5, 5.41) is 0. The molecule has 0 radical (unpaired) electrons. The minimum Gasteiger partial charge on any atom is -0.494 e. The van der Waals surface area contributed by atoms with Crippen molar-refractivity contribution in [3.63, 3.8) is 0 Å². The molecular weight excluding hydrogens is 377 g/mol. The third-order valence-electron chi connectivity index (χ3n) is 5.33. The molecule has 29 heavy (non-hydrogen) atoms. The molecule has 6 heteroatoms.